The first-order chi connectivity index (χ1) is 35.1. The summed E-state index contributed by atoms with van der Waals surface area (Å²) in [4.78, 5) is 0. The summed E-state index contributed by atoms with van der Waals surface area (Å²) in [5, 5.41) is 1.20. The van der Waals surface area contributed by atoms with E-state index in [-0.39, 0.29) is 0 Å². The van der Waals surface area contributed by atoms with Gasteiger partial charge < -0.3 is 4.74 Å². The minimum absolute atomic E-state index is 0.368. The molecule has 0 atom stereocenters. The Hall–Kier alpha value is -6.74. The molecule has 0 bridgehead atoms. The maximum Gasteiger partial charge on any atom is 0.416 e. The van der Waals surface area contributed by atoms with E-state index >= 15 is 0 Å². The molecule has 0 aliphatic carbocycles. The van der Waals surface area contributed by atoms with Crippen LogP contribution < -0.4 is 31.2 Å². The first-order valence-electron chi connectivity index (χ1n) is 21.2. The van der Waals surface area contributed by atoms with Crippen LogP contribution in [0.25, 0.3) is 10.9 Å². The van der Waals surface area contributed by atoms with E-state index in [9.17, 15) is 105 Å². The highest BCUT2D eigenvalue weighted by Crippen LogP contribution is 2.41. The number of hydrogen-bond acceptors (Lipinski definition) is 2. The number of halogens is 24. The number of benzene rings is 6. The summed E-state index contributed by atoms with van der Waals surface area (Å²) < 4.78 is 349. The highest BCUT2D eigenvalue weighted by molar-refractivity contribution is 7.80. The van der Waals surface area contributed by atoms with Crippen LogP contribution >= 0.6 is 12.6 Å². The molecule has 0 fully saturated rings. The van der Waals surface area contributed by atoms with Gasteiger partial charge >= 0.3 is 55.3 Å². The summed E-state index contributed by atoms with van der Waals surface area (Å²) in [6, 6.07) is 14.0. The van der Waals surface area contributed by atoms with Crippen molar-refractivity contribution in [2.45, 2.75) is 56.0 Å². The SMILES string of the molecule is FC(F)(F)c1cc([B-](c2cc(C(F)(F)F)cc(C(F)(F)F)c2)(c2cc(C(F)(F)F)cc(C(F)(F)F)c2)c2cc(C(F)(F)F)cc(C(F)(F)F)c2)cc(C(F)(F)F)c1.SCOc1ccc2ccccc2[n+]1Cc1ccccc1. The Morgan fingerprint density at radius 1 is 0.338 bits per heavy atom. The molecule has 0 saturated carbocycles. The molecule has 7 aromatic rings. The highest BCUT2D eigenvalue weighted by Gasteiger charge is 2.47. The van der Waals surface area contributed by atoms with Gasteiger partial charge in [0.05, 0.1) is 50.6 Å². The van der Waals surface area contributed by atoms with E-state index in [1.807, 2.05) is 24.3 Å². The zero-order valence-corrected chi connectivity index (χ0v) is 38.5. The Kier molecular flexibility index (Phi) is 16.2. The molecule has 0 saturated heterocycles. The molecule has 412 valence electrons. The van der Waals surface area contributed by atoms with Crippen LogP contribution in [0.15, 0.2) is 140 Å². The molecule has 2 nitrogen and oxygen atoms in total. The lowest BCUT2D eigenvalue weighted by atomic mass is 9.12. The first-order valence-corrected chi connectivity index (χ1v) is 21.8. The maximum atomic E-state index is 14.2. The van der Waals surface area contributed by atoms with E-state index in [1.165, 1.54) is 10.9 Å². The number of rotatable bonds is 8. The molecule has 1 aromatic heterocycles. The normalized spacial score (nSPS) is 13.4. The van der Waals surface area contributed by atoms with E-state index in [4.69, 9.17) is 4.74 Å². The Bertz CT molecular complexity index is 2810. The lowest BCUT2D eigenvalue weighted by molar-refractivity contribution is -0.667. The van der Waals surface area contributed by atoms with Crippen LogP contribution in [0.3, 0.4) is 0 Å². The van der Waals surface area contributed by atoms with Crippen LogP contribution in [0.5, 0.6) is 5.88 Å². The van der Waals surface area contributed by atoms with Crippen molar-refractivity contribution >= 4 is 51.5 Å². The average Bonchev–Trinajstić information content (AvgIpc) is 3.30. The van der Waals surface area contributed by atoms with Crippen LogP contribution in [0, 0.1) is 0 Å². The van der Waals surface area contributed by atoms with E-state index < -0.39 is 195 Å². The molecule has 0 amide bonds. The van der Waals surface area contributed by atoms with Crippen molar-refractivity contribution in [2.24, 2.45) is 0 Å². The Balaban J connectivity index is 0.000000397. The van der Waals surface area contributed by atoms with Crippen molar-refractivity contribution in [2.75, 3.05) is 5.94 Å². The van der Waals surface area contributed by atoms with Crippen LogP contribution in [-0.2, 0) is 56.0 Å². The van der Waals surface area contributed by atoms with Gasteiger partial charge in [0.2, 0.25) is 5.52 Å². The Labute approximate surface area is 422 Å². The molecule has 28 heteroatoms. The predicted octanol–water partition coefficient (Wildman–Crippen LogP) is 14.7. The Morgan fingerprint density at radius 2 is 0.610 bits per heavy atom. The van der Waals surface area contributed by atoms with Crippen molar-refractivity contribution in [1.29, 1.82) is 0 Å². The summed E-state index contributed by atoms with van der Waals surface area (Å²) in [7, 11) is 0. The lowest BCUT2D eigenvalue weighted by Gasteiger charge is -2.46. The fourth-order valence-electron chi connectivity index (χ4n) is 8.44. The van der Waals surface area contributed by atoms with Gasteiger partial charge in [-0.05, 0) is 36.4 Å². The standard InChI is InChI=1S/C32H12BF24.C17H15NOS/c34-25(35,36)13-1-14(26(37,38)39)6-21(5-13)33(22-7-15(27(40,41)42)2-16(8-22)28(43,44)45,23-9-17(29(46,47)48)3-18(10-23)30(49,50)51)24-11-19(31(52,53)54)4-20(12-24)32(55,56)57;20-13-19-17-11-10-15-8-4-5-9-16(15)18(17)12-14-6-2-1-3-7-14/h1-12H;1-11H,12-13H2/q-1;/p+1. The topological polar surface area (TPSA) is 13.1 Å². The smallest absolute Gasteiger partial charge is 0.416 e. The van der Waals surface area contributed by atoms with Gasteiger partial charge in [-0.25, -0.2) is 0 Å². The molecule has 77 heavy (non-hydrogen) atoms. The summed E-state index contributed by atoms with van der Waals surface area (Å²) in [6.45, 7) is 0.783. The quantitative estimate of drug-likeness (QED) is 0.0526. The molecule has 0 radical (unpaired) electrons. The molecule has 0 unspecified atom stereocenters. The van der Waals surface area contributed by atoms with Gasteiger partial charge in [-0.1, -0.05) is 91.0 Å². The summed E-state index contributed by atoms with van der Waals surface area (Å²) >= 11 is 4.16. The largest absolute Gasteiger partial charge is 0.434 e. The number of alkyl halides is 24. The van der Waals surface area contributed by atoms with E-state index in [1.54, 1.807) is 0 Å². The second-order valence-electron chi connectivity index (χ2n) is 16.8. The molecule has 0 spiro atoms. The van der Waals surface area contributed by atoms with Gasteiger partial charge in [-0.3, -0.25) is 0 Å². The molecular weight excluding hydrogens is 1120 g/mol. The van der Waals surface area contributed by atoms with Crippen molar-refractivity contribution in [3.8, 4) is 5.88 Å². The highest BCUT2D eigenvalue weighted by atomic mass is 32.1. The summed E-state index contributed by atoms with van der Waals surface area (Å²) in [5.74, 6) is 1.20. The molecule has 1 heterocycles. The van der Waals surface area contributed by atoms with Crippen LogP contribution in [0.2, 0.25) is 0 Å². The van der Waals surface area contributed by atoms with Crippen LogP contribution in [-0.4, -0.2) is 12.1 Å². The molecule has 6 aromatic carbocycles. The van der Waals surface area contributed by atoms with E-state index in [2.05, 4.69) is 59.7 Å². The first kappa shape index (κ1) is 59.5. The molecule has 0 aliphatic rings. The number of pyridine rings is 1. The number of ether oxygens (including phenoxy) is 1. The van der Waals surface area contributed by atoms with Crippen LogP contribution in [0.1, 0.15) is 50.1 Å². The van der Waals surface area contributed by atoms with Gasteiger partial charge in [0.15, 0.2) is 6.54 Å². The lowest BCUT2D eigenvalue weighted by Crippen LogP contribution is -2.75. The molecule has 0 aliphatic heterocycles. The van der Waals surface area contributed by atoms with Crippen molar-refractivity contribution < 1.29 is 115 Å². The third-order valence-corrected chi connectivity index (χ3v) is 11.9. The van der Waals surface area contributed by atoms with Crippen LogP contribution in [0.4, 0.5) is 105 Å². The zero-order valence-electron chi connectivity index (χ0n) is 37.6. The number of hydrogen-bond donors (Lipinski definition) is 1. The minimum atomic E-state index is -6.13. The third-order valence-electron chi connectivity index (χ3n) is 11.7. The van der Waals surface area contributed by atoms with Gasteiger partial charge in [0.25, 0.3) is 0 Å². The predicted molar refractivity (Wildman–Crippen MR) is 234 cm³/mol. The van der Waals surface area contributed by atoms with Crippen molar-refractivity contribution in [3.05, 3.63) is 190 Å². The minimum Gasteiger partial charge on any atom is -0.434 e. The number of fused-ring (bicyclic) bond motifs is 1. The number of para-hydroxylation sites is 1. The number of nitrogens with zero attached hydrogens (tertiary/aromatic N) is 1. The fourth-order valence-corrected chi connectivity index (χ4v) is 8.57. The van der Waals surface area contributed by atoms with Gasteiger partial charge in [0, 0.05) is 17.0 Å². The Morgan fingerprint density at radius 3 is 0.883 bits per heavy atom. The summed E-state index contributed by atoms with van der Waals surface area (Å²) in [5.41, 5.74) is -27.8. The molecule has 0 N–H and O–H groups in total. The second-order valence-corrected chi connectivity index (χ2v) is 17.1. The fraction of sp³-hybridized carbons (Fsp3) is 0.204. The van der Waals surface area contributed by atoms with Gasteiger partial charge in [0.1, 0.15) is 12.1 Å². The second kappa shape index (κ2) is 20.9. The van der Waals surface area contributed by atoms with Gasteiger partial charge in [-0.2, -0.15) is 132 Å². The monoisotopic (exact) mass is 1150 g/mol. The number of aromatic nitrogens is 1. The number of thiol groups is 1. The third kappa shape index (κ3) is 13.5. The van der Waals surface area contributed by atoms with Crippen molar-refractivity contribution in [3.63, 3.8) is 0 Å². The van der Waals surface area contributed by atoms with E-state index in [0.717, 1.165) is 17.9 Å². The average molecular weight is 1150 g/mol. The molecular formula is C49H28BF24NOS. The maximum absolute atomic E-state index is 14.2. The molecule has 7 rings (SSSR count). The zero-order chi connectivity index (χ0) is 57.7. The van der Waals surface area contributed by atoms with E-state index in [0.29, 0.717) is 5.94 Å². The van der Waals surface area contributed by atoms with Crippen molar-refractivity contribution in [1.82, 2.24) is 0 Å². The summed E-state index contributed by atoms with van der Waals surface area (Å²) in [6.07, 6.45) is -54.8. The van der Waals surface area contributed by atoms with Gasteiger partial charge in [-0.15, -0.1) is 12.6 Å².